The molecule has 2 aromatic heterocycles. The van der Waals surface area contributed by atoms with Crippen LogP contribution in [0.2, 0.25) is 0 Å². The van der Waals surface area contributed by atoms with E-state index in [1.165, 1.54) is 0 Å². The third kappa shape index (κ3) is 2.89. The van der Waals surface area contributed by atoms with Gasteiger partial charge in [0, 0.05) is 23.2 Å². The second kappa shape index (κ2) is 5.75. The van der Waals surface area contributed by atoms with E-state index < -0.39 is 11.0 Å². The zero-order valence-corrected chi connectivity index (χ0v) is 15.6. The van der Waals surface area contributed by atoms with E-state index in [-0.39, 0.29) is 11.5 Å². The molecule has 0 saturated heterocycles. The Hall–Kier alpha value is -2.05. The number of pyridine rings is 1. The maximum Gasteiger partial charge on any atom is 0.141 e. The second-order valence-electron chi connectivity index (χ2n) is 7.38. The number of hydrogen-bond donors (Lipinski definition) is 1. The molecule has 0 amide bonds. The minimum atomic E-state index is -1.30. The van der Waals surface area contributed by atoms with Crippen LogP contribution in [0.25, 0.3) is 22.0 Å². The van der Waals surface area contributed by atoms with E-state index in [1.54, 1.807) is 6.20 Å². The predicted molar refractivity (Wildman–Crippen MR) is 98.4 cm³/mol. The summed E-state index contributed by atoms with van der Waals surface area (Å²) >= 11 is 0. The Balaban J connectivity index is 1.83. The normalized spacial score (nSPS) is 19.9. The van der Waals surface area contributed by atoms with Crippen LogP contribution in [0.4, 0.5) is 0 Å². The molecule has 1 aromatic carbocycles. The first kappa shape index (κ1) is 16.4. The van der Waals surface area contributed by atoms with E-state index in [4.69, 9.17) is 4.52 Å². The Morgan fingerprint density at radius 1 is 1.32 bits per heavy atom. The van der Waals surface area contributed by atoms with Crippen molar-refractivity contribution in [3.05, 3.63) is 41.9 Å². The van der Waals surface area contributed by atoms with Gasteiger partial charge in [-0.05, 0) is 49.4 Å². The molecule has 1 aliphatic rings. The van der Waals surface area contributed by atoms with E-state index in [2.05, 4.69) is 28.7 Å². The van der Waals surface area contributed by atoms with Gasteiger partial charge in [0.1, 0.15) is 16.7 Å². The van der Waals surface area contributed by atoms with Gasteiger partial charge in [0.15, 0.2) is 0 Å². The lowest BCUT2D eigenvalue weighted by atomic mass is 10.0. The summed E-state index contributed by atoms with van der Waals surface area (Å²) in [6.45, 7) is 8.17. The fourth-order valence-corrected chi connectivity index (χ4v) is 4.60. The molecule has 1 saturated carbocycles. The molecule has 1 fully saturated rings. The van der Waals surface area contributed by atoms with E-state index in [1.807, 2.05) is 38.1 Å². The minimum absolute atomic E-state index is 0.211. The fraction of sp³-hybridized carbons (Fsp3) is 0.368. The summed E-state index contributed by atoms with van der Waals surface area (Å²) in [5.74, 6) is 0.751. The fourth-order valence-electron chi connectivity index (χ4n) is 3.20. The monoisotopic (exact) mass is 355 g/mol. The van der Waals surface area contributed by atoms with Crippen LogP contribution in [0.3, 0.4) is 0 Å². The van der Waals surface area contributed by atoms with Crippen molar-refractivity contribution in [2.24, 2.45) is 5.41 Å². The summed E-state index contributed by atoms with van der Waals surface area (Å²) in [4.78, 5) is 5.22. The van der Waals surface area contributed by atoms with Crippen LogP contribution in [0.1, 0.15) is 31.7 Å². The van der Waals surface area contributed by atoms with Gasteiger partial charge in [-0.25, -0.2) is 8.93 Å². The Labute approximate surface area is 149 Å². The summed E-state index contributed by atoms with van der Waals surface area (Å²) in [5.41, 5.74) is 3.73. The molecule has 2 unspecified atom stereocenters. The van der Waals surface area contributed by atoms with Crippen molar-refractivity contribution in [2.45, 2.75) is 45.1 Å². The van der Waals surface area contributed by atoms with Crippen LogP contribution in [0.5, 0.6) is 0 Å². The minimum Gasteiger partial charge on any atom is -0.361 e. The van der Waals surface area contributed by atoms with Gasteiger partial charge in [0.05, 0.1) is 16.1 Å². The number of nitrogens with one attached hydrogen (secondary N) is 1. The molecule has 1 aliphatic carbocycles. The first-order chi connectivity index (χ1) is 11.9. The molecule has 0 aliphatic heterocycles. The average molecular weight is 355 g/mol. The molecule has 4 rings (SSSR count). The van der Waals surface area contributed by atoms with Crippen molar-refractivity contribution >= 4 is 21.9 Å². The lowest BCUT2D eigenvalue weighted by molar-refractivity contribution is 0.393. The summed E-state index contributed by atoms with van der Waals surface area (Å²) in [5, 5.41) is 4.94. The highest BCUT2D eigenvalue weighted by Gasteiger charge is 2.46. The molecule has 0 radical (unpaired) electrons. The van der Waals surface area contributed by atoms with Crippen molar-refractivity contribution in [3.8, 4) is 11.1 Å². The van der Waals surface area contributed by atoms with Gasteiger partial charge in [-0.2, -0.15) is 0 Å². The quantitative estimate of drug-likeness (QED) is 0.770. The molecule has 0 bridgehead atoms. The Kier molecular flexibility index (Phi) is 3.77. The lowest BCUT2D eigenvalue weighted by Crippen LogP contribution is -2.23. The molecule has 25 heavy (non-hydrogen) atoms. The van der Waals surface area contributed by atoms with Crippen LogP contribution in [0, 0.1) is 19.3 Å². The molecule has 3 aromatic rings. The van der Waals surface area contributed by atoms with Gasteiger partial charge in [-0.1, -0.05) is 25.1 Å². The molecule has 6 heteroatoms. The van der Waals surface area contributed by atoms with Crippen LogP contribution in [0.15, 0.2) is 39.9 Å². The number of benzene rings is 1. The summed E-state index contributed by atoms with van der Waals surface area (Å²) in [7, 11) is -1.30. The number of nitrogens with zero attached hydrogens (tertiary/aromatic N) is 2. The molecule has 2 atom stereocenters. The molecule has 0 spiro atoms. The molecular weight excluding hydrogens is 334 g/mol. The number of aryl methyl sites for hydroxylation is 2. The highest BCUT2D eigenvalue weighted by Crippen LogP contribution is 2.45. The van der Waals surface area contributed by atoms with Crippen LogP contribution < -0.4 is 4.72 Å². The average Bonchev–Trinajstić information content (AvgIpc) is 3.02. The van der Waals surface area contributed by atoms with Gasteiger partial charge < -0.3 is 4.52 Å². The van der Waals surface area contributed by atoms with Crippen molar-refractivity contribution in [1.29, 1.82) is 0 Å². The van der Waals surface area contributed by atoms with E-state index >= 15 is 0 Å². The van der Waals surface area contributed by atoms with Gasteiger partial charge in [0.2, 0.25) is 0 Å². The van der Waals surface area contributed by atoms with Crippen LogP contribution in [-0.2, 0) is 11.0 Å². The van der Waals surface area contributed by atoms with Crippen molar-refractivity contribution < 1.29 is 8.73 Å². The van der Waals surface area contributed by atoms with Gasteiger partial charge in [-0.15, -0.1) is 0 Å². The SMILES string of the molecule is Cc1noc(C)c1-c1cc(S(=O)NC2CC2(C)C)c2cccnc2c1. The standard InChI is InChI=1S/C19H21N3O2S/c1-11-18(12(2)24-21-11)13-8-15-14(6-5-7-20-15)16(9-13)25(23)22-17-10-19(17,3)4/h5-9,17,22H,10H2,1-4H3. The first-order valence-corrected chi connectivity index (χ1v) is 9.52. The maximum atomic E-state index is 13.0. The lowest BCUT2D eigenvalue weighted by Gasteiger charge is -2.11. The van der Waals surface area contributed by atoms with Gasteiger partial charge in [0.25, 0.3) is 0 Å². The Morgan fingerprint density at radius 2 is 2.08 bits per heavy atom. The molecule has 2 heterocycles. The Bertz CT molecular complexity index is 974. The maximum absolute atomic E-state index is 13.0. The third-order valence-corrected chi connectivity index (χ3v) is 6.20. The highest BCUT2D eigenvalue weighted by atomic mass is 32.2. The van der Waals surface area contributed by atoms with Crippen LogP contribution in [-0.4, -0.2) is 20.4 Å². The summed E-state index contributed by atoms with van der Waals surface area (Å²) < 4.78 is 21.6. The number of rotatable bonds is 4. The topological polar surface area (TPSA) is 68.0 Å². The number of aromatic nitrogens is 2. The number of hydrogen-bond acceptors (Lipinski definition) is 4. The molecular formula is C19H21N3O2S. The van der Waals surface area contributed by atoms with Gasteiger partial charge in [-0.3, -0.25) is 4.98 Å². The summed E-state index contributed by atoms with van der Waals surface area (Å²) in [6.07, 6.45) is 2.79. The Morgan fingerprint density at radius 3 is 2.72 bits per heavy atom. The van der Waals surface area contributed by atoms with Crippen LogP contribution >= 0.6 is 0 Å². The van der Waals surface area contributed by atoms with Crippen molar-refractivity contribution in [1.82, 2.24) is 14.9 Å². The smallest absolute Gasteiger partial charge is 0.141 e. The zero-order chi connectivity index (χ0) is 17.8. The second-order valence-corrected chi connectivity index (χ2v) is 8.59. The predicted octanol–water partition coefficient (Wildman–Crippen LogP) is 3.92. The summed E-state index contributed by atoms with van der Waals surface area (Å²) in [6, 6.07) is 8.09. The molecule has 1 N–H and O–H groups in total. The van der Waals surface area contributed by atoms with E-state index in [0.717, 1.165) is 44.8 Å². The highest BCUT2D eigenvalue weighted by molar-refractivity contribution is 7.83. The van der Waals surface area contributed by atoms with Gasteiger partial charge >= 0.3 is 0 Å². The zero-order valence-electron chi connectivity index (χ0n) is 14.8. The van der Waals surface area contributed by atoms with E-state index in [0.29, 0.717) is 0 Å². The largest absolute Gasteiger partial charge is 0.361 e. The first-order valence-electron chi connectivity index (χ1n) is 8.37. The van der Waals surface area contributed by atoms with Crippen molar-refractivity contribution in [2.75, 3.05) is 0 Å². The number of fused-ring (bicyclic) bond motifs is 1. The van der Waals surface area contributed by atoms with Crippen molar-refractivity contribution in [3.63, 3.8) is 0 Å². The third-order valence-electron chi connectivity index (χ3n) is 4.97. The molecule has 5 nitrogen and oxygen atoms in total. The van der Waals surface area contributed by atoms with E-state index in [9.17, 15) is 4.21 Å². The molecule has 130 valence electrons.